The Bertz CT molecular complexity index is 1030. The lowest BCUT2D eigenvalue weighted by Gasteiger charge is -2.31. The molecule has 30 heavy (non-hydrogen) atoms. The van der Waals surface area contributed by atoms with Crippen LogP contribution in [0.1, 0.15) is 40.9 Å². The van der Waals surface area contributed by atoms with E-state index in [9.17, 15) is 9.90 Å². The van der Waals surface area contributed by atoms with Crippen LogP contribution in [0.2, 0.25) is 0 Å². The van der Waals surface area contributed by atoms with Crippen molar-refractivity contribution in [1.82, 2.24) is 34.8 Å². The van der Waals surface area contributed by atoms with E-state index in [-0.39, 0.29) is 29.8 Å². The van der Waals surface area contributed by atoms with Gasteiger partial charge in [0.2, 0.25) is 0 Å². The van der Waals surface area contributed by atoms with Crippen molar-refractivity contribution in [3.05, 3.63) is 53.9 Å². The van der Waals surface area contributed by atoms with E-state index in [0.29, 0.717) is 19.0 Å². The number of benzene rings is 1. The zero-order valence-electron chi connectivity index (χ0n) is 16.4. The van der Waals surface area contributed by atoms with Crippen molar-refractivity contribution in [2.75, 3.05) is 19.6 Å². The minimum atomic E-state index is -0.233. The molecule has 2 aliphatic rings. The van der Waals surface area contributed by atoms with Crippen molar-refractivity contribution >= 4 is 18.3 Å². The smallest absolute Gasteiger partial charge is 0.278 e. The number of hydrogen-bond donors (Lipinski definition) is 2. The fourth-order valence-corrected chi connectivity index (χ4v) is 4.14. The van der Waals surface area contributed by atoms with Crippen LogP contribution in [0, 0.1) is 0 Å². The maximum absolute atomic E-state index is 12.9. The highest BCUT2D eigenvalue weighted by molar-refractivity contribution is 5.94. The van der Waals surface area contributed by atoms with E-state index in [1.807, 2.05) is 30.3 Å². The van der Waals surface area contributed by atoms with E-state index in [4.69, 9.17) is 0 Å². The van der Waals surface area contributed by atoms with Crippen LogP contribution in [0.15, 0.2) is 36.5 Å². The fourth-order valence-electron chi connectivity index (χ4n) is 4.14. The van der Waals surface area contributed by atoms with Gasteiger partial charge in [0.05, 0.1) is 18.4 Å². The summed E-state index contributed by atoms with van der Waals surface area (Å²) in [7, 11) is 0. The van der Waals surface area contributed by atoms with Crippen LogP contribution in [0.25, 0.3) is 5.69 Å². The molecule has 3 aromatic rings. The number of hydrogen-bond acceptors (Lipinski definition) is 6. The molecule has 0 radical (unpaired) electrons. The molecule has 2 aromatic heterocycles. The highest BCUT2D eigenvalue weighted by Crippen LogP contribution is 2.29. The molecule has 0 atom stereocenters. The van der Waals surface area contributed by atoms with E-state index in [1.54, 1.807) is 4.90 Å². The molecule has 1 fully saturated rings. The van der Waals surface area contributed by atoms with E-state index < -0.39 is 0 Å². The Morgan fingerprint density at radius 2 is 1.87 bits per heavy atom. The molecular weight excluding hydrogens is 406 g/mol. The van der Waals surface area contributed by atoms with Crippen molar-refractivity contribution in [2.45, 2.75) is 31.8 Å². The van der Waals surface area contributed by atoms with Gasteiger partial charge in [0.1, 0.15) is 11.6 Å². The maximum Gasteiger partial charge on any atom is 0.278 e. The van der Waals surface area contributed by atoms with Crippen LogP contribution >= 0.6 is 12.4 Å². The van der Waals surface area contributed by atoms with Crippen molar-refractivity contribution in [2.24, 2.45) is 0 Å². The van der Waals surface area contributed by atoms with Gasteiger partial charge in [-0.3, -0.25) is 4.79 Å². The van der Waals surface area contributed by atoms with Gasteiger partial charge in [-0.2, -0.15) is 5.10 Å². The van der Waals surface area contributed by atoms with Gasteiger partial charge in [0, 0.05) is 32.1 Å². The lowest BCUT2D eigenvalue weighted by Crippen LogP contribution is -2.39. The third kappa shape index (κ3) is 3.66. The number of carbonyl (C=O) groups is 1. The average Bonchev–Trinajstić information content (AvgIpc) is 3.38. The molecule has 158 valence electrons. The molecule has 5 rings (SSSR count). The highest BCUT2D eigenvalue weighted by Gasteiger charge is 2.31. The third-order valence-corrected chi connectivity index (χ3v) is 5.72. The van der Waals surface area contributed by atoms with Crippen LogP contribution in [0.3, 0.4) is 0 Å². The summed E-state index contributed by atoms with van der Waals surface area (Å²) in [5, 5.41) is 26.6. The molecule has 0 bridgehead atoms. The summed E-state index contributed by atoms with van der Waals surface area (Å²) in [6, 6.07) is 9.44. The lowest BCUT2D eigenvalue weighted by atomic mass is 9.95. The molecule has 9 nitrogen and oxygen atoms in total. The monoisotopic (exact) mass is 429 g/mol. The second kappa shape index (κ2) is 8.45. The number of aromatic nitrogens is 5. The van der Waals surface area contributed by atoms with Gasteiger partial charge in [-0.15, -0.1) is 22.6 Å². The summed E-state index contributed by atoms with van der Waals surface area (Å²) >= 11 is 0. The molecule has 2 N–H and O–H groups in total. The summed E-state index contributed by atoms with van der Waals surface area (Å²) in [5.41, 5.74) is 0.893. The highest BCUT2D eigenvalue weighted by atomic mass is 35.5. The molecule has 1 saturated heterocycles. The predicted molar refractivity (Wildman–Crippen MR) is 112 cm³/mol. The molecule has 1 aromatic carbocycles. The van der Waals surface area contributed by atoms with Crippen LogP contribution in [0.4, 0.5) is 0 Å². The van der Waals surface area contributed by atoms with Gasteiger partial charge in [-0.05, 0) is 25.0 Å². The molecule has 4 heterocycles. The van der Waals surface area contributed by atoms with E-state index in [2.05, 4.69) is 25.2 Å². The SMILES string of the molecule is Cl.O=C(c1nn(-c2ccccc2)cc1O)N1CCC(c2nnc3n2CCNC3)CC1. The number of fused-ring (bicyclic) bond motifs is 1. The minimum absolute atomic E-state index is 0. The Morgan fingerprint density at radius 3 is 2.63 bits per heavy atom. The molecule has 2 aliphatic heterocycles. The largest absolute Gasteiger partial charge is 0.504 e. The fraction of sp³-hybridized carbons (Fsp3) is 0.400. The van der Waals surface area contributed by atoms with Crippen molar-refractivity contribution in [1.29, 1.82) is 0 Å². The van der Waals surface area contributed by atoms with E-state index in [0.717, 1.165) is 49.8 Å². The number of piperidine rings is 1. The number of aromatic hydroxyl groups is 1. The molecular formula is C20H24ClN7O2. The first-order valence-corrected chi connectivity index (χ1v) is 9.97. The zero-order valence-corrected chi connectivity index (χ0v) is 17.3. The number of amides is 1. The van der Waals surface area contributed by atoms with Crippen LogP contribution in [-0.4, -0.2) is 60.1 Å². The Morgan fingerprint density at radius 1 is 1.10 bits per heavy atom. The normalized spacial score (nSPS) is 16.7. The Kier molecular flexibility index (Phi) is 5.74. The summed E-state index contributed by atoms with van der Waals surface area (Å²) < 4.78 is 3.75. The van der Waals surface area contributed by atoms with Crippen LogP contribution in [-0.2, 0) is 13.1 Å². The Hall–Kier alpha value is -2.91. The number of nitrogens with one attached hydrogen (secondary N) is 1. The van der Waals surface area contributed by atoms with E-state index >= 15 is 0 Å². The first-order chi connectivity index (χ1) is 14.2. The average molecular weight is 430 g/mol. The standard InChI is InChI=1S/C20H23N7O2.ClH/c28-16-13-27(15-4-2-1-3-5-15)24-18(16)20(29)25-9-6-14(7-10-25)19-23-22-17-12-21-8-11-26(17)19;/h1-5,13-14,21,28H,6-12H2;1H. The molecule has 0 spiro atoms. The van der Waals surface area contributed by atoms with Crippen molar-refractivity contribution in [3.8, 4) is 11.4 Å². The Labute approximate surface area is 180 Å². The summed E-state index contributed by atoms with van der Waals surface area (Å²) in [6.45, 7) is 3.80. The minimum Gasteiger partial charge on any atom is -0.504 e. The topological polar surface area (TPSA) is 101 Å². The lowest BCUT2D eigenvalue weighted by molar-refractivity contribution is 0.0700. The van der Waals surface area contributed by atoms with Crippen LogP contribution in [0.5, 0.6) is 5.75 Å². The maximum atomic E-state index is 12.9. The number of para-hydroxylation sites is 1. The number of halogens is 1. The van der Waals surface area contributed by atoms with Crippen molar-refractivity contribution < 1.29 is 9.90 Å². The first-order valence-electron chi connectivity index (χ1n) is 9.97. The van der Waals surface area contributed by atoms with E-state index in [1.165, 1.54) is 10.9 Å². The number of nitrogens with zero attached hydrogens (tertiary/aromatic N) is 6. The second-order valence-electron chi connectivity index (χ2n) is 7.51. The Balaban J connectivity index is 0.00000218. The van der Waals surface area contributed by atoms with Gasteiger partial charge in [-0.25, -0.2) is 4.68 Å². The molecule has 1 amide bonds. The van der Waals surface area contributed by atoms with Crippen LogP contribution < -0.4 is 5.32 Å². The molecule has 0 saturated carbocycles. The zero-order chi connectivity index (χ0) is 19.8. The molecule has 0 aliphatic carbocycles. The quantitative estimate of drug-likeness (QED) is 0.657. The number of carbonyl (C=O) groups excluding carboxylic acids is 1. The summed E-state index contributed by atoms with van der Waals surface area (Å²) in [5.74, 6) is 1.99. The predicted octanol–water partition coefficient (Wildman–Crippen LogP) is 1.71. The van der Waals surface area contributed by atoms with Gasteiger partial charge < -0.3 is 19.9 Å². The van der Waals surface area contributed by atoms with Crippen molar-refractivity contribution in [3.63, 3.8) is 0 Å². The van der Waals surface area contributed by atoms with Gasteiger partial charge in [-0.1, -0.05) is 18.2 Å². The summed E-state index contributed by atoms with van der Waals surface area (Å²) in [6.07, 6.45) is 3.14. The molecule has 10 heteroatoms. The first kappa shape index (κ1) is 20.4. The summed E-state index contributed by atoms with van der Waals surface area (Å²) in [4.78, 5) is 14.7. The van der Waals surface area contributed by atoms with Gasteiger partial charge >= 0.3 is 0 Å². The van der Waals surface area contributed by atoms with Gasteiger partial charge in [0.15, 0.2) is 11.4 Å². The molecule has 0 unspecified atom stereocenters. The van der Waals surface area contributed by atoms with Gasteiger partial charge in [0.25, 0.3) is 5.91 Å². The number of rotatable bonds is 3. The number of likely N-dealkylation sites (tertiary alicyclic amines) is 1. The second-order valence-corrected chi connectivity index (χ2v) is 7.51. The third-order valence-electron chi connectivity index (χ3n) is 5.72.